The minimum Gasteiger partial charge on any atom is -0.391 e. The van der Waals surface area contributed by atoms with Gasteiger partial charge in [0.2, 0.25) is 0 Å². The number of hydrogen-bond donors (Lipinski definition) is 2. The maximum Gasteiger partial charge on any atom is 0.128 e. The van der Waals surface area contributed by atoms with Gasteiger partial charge in [0.05, 0.1) is 6.10 Å². The molecule has 4 heteroatoms. The third-order valence-corrected chi connectivity index (χ3v) is 3.48. The van der Waals surface area contributed by atoms with Crippen LogP contribution >= 0.6 is 0 Å². The number of hydrogen-bond acceptors (Lipinski definition) is 2. The summed E-state index contributed by atoms with van der Waals surface area (Å²) < 4.78 is 25.9. The van der Waals surface area contributed by atoms with Crippen molar-refractivity contribution in [1.29, 1.82) is 0 Å². The molecular weight excluding hydrogens is 236 g/mol. The normalized spacial score (nSPS) is 17.9. The van der Waals surface area contributed by atoms with Gasteiger partial charge in [0.25, 0.3) is 0 Å². The van der Waals surface area contributed by atoms with Gasteiger partial charge < -0.3 is 10.4 Å². The molecule has 2 nitrogen and oxygen atoms in total. The van der Waals surface area contributed by atoms with Crippen molar-refractivity contribution in [2.75, 3.05) is 11.9 Å². The van der Waals surface area contributed by atoms with Crippen LogP contribution in [0.2, 0.25) is 0 Å². The topological polar surface area (TPSA) is 32.3 Å². The van der Waals surface area contributed by atoms with Crippen molar-refractivity contribution in [2.24, 2.45) is 5.92 Å². The summed E-state index contributed by atoms with van der Waals surface area (Å²) in [4.78, 5) is 0. The van der Waals surface area contributed by atoms with Gasteiger partial charge in [0, 0.05) is 18.3 Å². The standard InChI is InChI=1S/C14H19F2NO/c15-11-6-12(16)8-13(7-11)17-9-14(18)5-10-3-1-2-4-10/h6-8,10,14,17-18H,1-5,9H2. The monoisotopic (exact) mass is 255 g/mol. The summed E-state index contributed by atoms with van der Waals surface area (Å²) in [6.45, 7) is 0.333. The lowest BCUT2D eigenvalue weighted by molar-refractivity contribution is 0.155. The Balaban J connectivity index is 1.79. The number of aliphatic hydroxyl groups is 1. The van der Waals surface area contributed by atoms with Crippen molar-refractivity contribution in [3.05, 3.63) is 29.8 Å². The molecule has 0 heterocycles. The van der Waals surface area contributed by atoms with Crippen LogP contribution in [0.5, 0.6) is 0 Å². The first-order valence-electron chi connectivity index (χ1n) is 6.51. The van der Waals surface area contributed by atoms with Crippen LogP contribution in [-0.4, -0.2) is 17.8 Å². The van der Waals surface area contributed by atoms with Crippen molar-refractivity contribution in [2.45, 2.75) is 38.2 Å². The first-order valence-corrected chi connectivity index (χ1v) is 6.51. The molecule has 1 unspecified atom stereocenters. The molecule has 18 heavy (non-hydrogen) atoms. The fourth-order valence-corrected chi connectivity index (χ4v) is 2.61. The summed E-state index contributed by atoms with van der Waals surface area (Å²) >= 11 is 0. The molecular formula is C14H19F2NO. The van der Waals surface area contributed by atoms with E-state index in [1.807, 2.05) is 0 Å². The average Bonchev–Trinajstić information content (AvgIpc) is 2.78. The molecule has 1 atom stereocenters. The van der Waals surface area contributed by atoms with E-state index in [1.54, 1.807) is 0 Å². The van der Waals surface area contributed by atoms with E-state index in [9.17, 15) is 13.9 Å². The maximum atomic E-state index is 12.9. The third-order valence-electron chi connectivity index (χ3n) is 3.48. The SMILES string of the molecule is OC(CNc1cc(F)cc(F)c1)CC1CCCC1. The molecule has 0 aliphatic heterocycles. The van der Waals surface area contributed by atoms with E-state index in [4.69, 9.17) is 0 Å². The van der Waals surface area contributed by atoms with Gasteiger partial charge in [-0.15, -0.1) is 0 Å². The van der Waals surface area contributed by atoms with Crippen LogP contribution in [0.25, 0.3) is 0 Å². The highest BCUT2D eigenvalue weighted by molar-refractivity contribution is 5.43. The van der Waals surface area contributed by atoms with Gasteiger partial charge in [-0.05, 0) is 24.5 Å². The Labute approximate surface area is 106 Å². The molecule has 1 saturated carbocycles. The largest absolute Gasteiger partial charge is 0.391 e. The van der Waals surface area contributed by atoms with Crippen LogP contribution in [0, 0.1) is 17.6 Å². The lowest BCUT2D eigenvalue weighted by Gasteiger charge is -2.16. The summed E-state index contributed by atoms with van der Waals surface area (Å²) in [5, 5.41) is 12.7. The van der Waals surface area contributed by atoms with E-state index in [0.29, 0.717) is 18.2 Å². The number of aliphatic hydroxyl groups excluding tert-OH is 1. The fourth-order valence-electron chi connectivity index (χ4n) is 2.61. The highest BCUT2D eigenvalue weighted by atomic mass is 19.1. The zero-order valence-corrected chi connectivity index (χ0v) is 10.3. The molecule has 0 saturated heterocycles. The Morgan fingerprint density at radius 3 is 2.39 bits per heavy atom. The molecule has 1 aromatic carbocycles. The zero-order valence-electron chi connectivity index (χ0n) is 10.3. The Morgan fingerprint density at radius 1 is 1.17 bits per heavy atom. The predicted molar refractivity (Wildman–Crippen MR) is 67.4 cm³/mol. The first kappa shape index (κ1) is 13.3. The molecule has 0 amide bonds. The molecule has 1 aliphatic carbocycles. The highest BCUT2D eigenvalue weighted by Crippen LogP contribution is 2.28. The van der Waals surface area contributed by atoms with Crippen molar-refractivity contribution < 1.29 is 13.9 Å². The maximum absolute atomic E-state index is 12.9. The molecule has 1 fully saturated rings. The predicted octanol–water partition coefficient (Wildman–Crippen LogP) is 3.32. The summed E-state index contributed by atoms with van der Waals surface area (Å²) in [5.41, 5.74) is 0.373. The molecule has 2 N–H and O–H groups in total. The Bertz CT molecular complexity index is 371. The van der Waals surface area contributed by atoms with E-state index in [0.717, 1.165) is 12.5 Å². The summed E-state index contributed by atoms with van der Waals surface area (Å²) in [6.07, 6.45) is 5.18. The average molecular weight is 255 g/mol. The summed E-state index contributed by atoms with van der Waals surface area (Å²) in [7, 11) is 0. The van der Waals surface area contributed by atoms with E-state index in [2.05, 4.69) is 5.32 Å². The Hall–Kier alpha value is -1.16. The minimum atomic E-state index is -0.609. The van der Waals surface area contributed by atoms with Gasteiger partial charge in [-0.1, -0.05) is 25.7 Å². The smallest absolute Gasteiger partial charge is 0.128 e. The fraction of sp³-hybridized carbons (Fsp3) is 0.571. The number of nitrogens with one attached hydrogen (secondary N) is 1. The lowest BCUT2D eigenvalue weighted by atomic mass is 10.00. The van der Waals surface area contributed by atoms with E-state index in [1.165, 1.54) is 37.8 Å². The van der Waals surface area contributed by atoms with Gasteiger partial charge in [0.1, 0.15) is 11.6 Å². The Morgan fingerprint density at radius 2 is 1.78 bits per heavy atom. The van der Waals surface area contributed by atoms with E-state index >= 15 is 0 Å². The molecule has 1 aromatic rings. The Kier molecular flexibility index (Phi) is 4.53. The van der Waals surface area contributed by atoms with Crippen LogP contribution in [0.15, 0.2) is 18.2 Å². The van der Waals surface area contributed by atoms with Crippen molar-refractivity contribution in [3.8, 4) is 0 Å². The van der Waals surface area contributed by atoms with Gasteiger partial charge in [-0.25, -0.2) is 8.78 Å². The molecule has 2 rings (SSSR count). The third kappa shape index (κ3) is 3.95. The van der Waals surface area contributed by atoms with Crippen molar-refractivity contribution in [1.82, 2.24) is 0 Å². The van der Waals surface area contributed by atoms with Crippen LogP contribution in [0.1, 0.15) is 32.1 Å². The molecule has 0 radical (unpaired) electrons. The van der Waals surface area contributed by atoms with Gasteiger partial charge in [-0.3, -0.25) is 0 Å². The molecule has 0 bridgehead atoms. The van der Waals surface area contributed by atoms with Crippen LogP contribution < -0.4 is 5.32 Å². The van der Waals surface area contributed by atoms with Crippen molar-refractivity contribution in [3.63, 3.8) is 0 Å². The summed E-state index contributed by atoms with van der Waals surface area (Å²) in [6, 6.07) is 3.29. The van der Waals surface area contributed by atoms with Crippen LogP contribution in [-0.2, 0) is 0 Å². The molecule has 0 aromatic heterocycles. The second-order valence-corrected chi connectivity index (χ2v) is 5.08. The van der Waals surface area contributed by atoms with Crippen LogP contribution in [0.4, 0.5) is 14.5 Å². The van der Waals surface area contributed by atoms with Gasteiger partial charge in [0.15, 0.2) is 0 Å². The molecule has 0 spiro atoms. The lowest BCUT2D eigenvalue weighted by Crippen LogP contribution is -2.22. The number of anilines is 1. The van der Waals surface area contributed by atoms with E-state index in [-0.39, 0.29) is 0 Å². The van der Waals surface area contributed by atoms with Gasteiger partial charge in [-0.2, -0.15) is 0 Å². The molecule has 1 aliphatic rings. The minimum absolute atomic E-state index is 0.333. The van der Waals surface area contributed by atoms with Gasteiger partial charge >= 0.3 is 0 Å². The number of benzene rings is 1. The number of halogens is 2. The zero-order chi connectivity index (χ0) is 13.0. The molecule has 100 valence electrons. The van der Waals surface area contributed by atoms with Crippen molar-refractivity contribution >= 4 is 5.69 Å². The second-order valence-electron chi connectivity index (χ2n) is 5.08. The summed E-state index contributed by atoms with van der Waals surface area (Å²) in [5.74, 6) is -0.614. The van der Waals surface area contributed by atoms with Crippen LogP contribution in [0.3, 0.4) is 0 Å². The number of rotatable bonds is 5. The van der Waals surface area contributed by atoms with E-state index < -0.39 is 17.7 Å². The quantitative estimate of drug-likeness (QED) is 0.846. The first-order chi connectivity index (χ1) is 8.63. The second kappa shape index (κ2) is 6.14. The highest BCUT2D eigenvalue weighted by Gasteiger charge is 2.18.